The van der Waals surface area contributed by atoms with Crippen LogP contribution in [0.2, 0.25) is 0 Å². The normalized spacial score (nSPS) is 23.6. The van der Waals surface area contributed by atoms with Gasteiger partial charge >= 0.3 is 0 Å². The lowest BCUT2D eigenvalue weighted by Crippen LogP contribution is -2.07. The molecule has 2 heteroatoms. The summed E-state index contributed by atoms with van der Waals surface area (Å²) in [5, 5.41) is 5.49. The molecule has 5 aromatic rings. The quantitative estimate of drug-likeness (QED) is 0.328. The van der Waals surface area contributed by atoms with Crippen LogP contribution in [0.3, 0.4) is 0 Å². The average Bonchev–Trinajstić information content (AvgIpc) is 3.17. The molecule has 0 aliphatic heterocycles. The molecule has 1 nitrogen and oxygen atoms in total. The molecule has 2 aliphatic carbocycles. The van der Waals surface area contributed by atoms with Crippen LogP contribution in [0.1, 0.15) is 12.0 Å². The standard InChI is InChI=1S/C25H17NS/c1-2-7-22-17(6-1)18-9-11-21-23(24(18)27-22)19-13-15(8-10-20(19)26-21)25-12-4-3-5-16(25)14-25/h1-13,16,26H,14H2. The Morgan fingerprint density at radius 1 is 0.889 bits per heavy atom. The molecule has 1 N–H and O–H groups in total. The lowest BCUT2D eigenvalue weighted by molar-refractivity contribution is 0.819. The summed E-state index contributed by atoms with van der Waals surface area (Å²) >= 11 is 1.92. The summed E-state index contributed by atoms with van der Waals surface area (Å²) in [6.07, 6.45) is 10.4. The molecule has 2 aliphatic rings. The first-order valence-corrected chi connectivity index (χ1v) is 10.4. The van der Waals surface area contributed by atoms with Gasteiger partial charge in [-0.15, -0.1) is 11.3 Å². The number of H-pyrrole nitrogens is 1. The van der Waals surface area contributed by atoms with Crippen LogP contribution in [0.4, 0.5) is 0 Å². The Kier molecular flexibility index (Phi) is 2.48. The smallest absolute Gasteiger partial charge is 0.0479 e. The van der Waals surface area contributed by atoms with Crippen LogP contribution in [-0.2, 0) is 5.41 Å². The van der Waals surface area contributed by atoms with E-state index in [-0.39, 0.29) is 5.41 Å². The number of benzene rings is 3. The van der Waals surface area contributed by atoms with E-state index in [1.165, 1.54) is 54.0 Å². The van der Waals surface area contributed by atoms with Gasteiger partial charge in [-0.2, -0.15) is 0 Å². The van der Waals surface area contributed by atoms with Crippen molar-refractivity contribution in [1.29, 1.82) is 0 Å². The van der Waals surface area contributed by atoms with Crippen molar-refractivity contribution in [3.8, 4) is 0 Å². The lowest BCUT2D eigenvalue weighted by atomic mass is 9.89. The summed E-state index contributed by atoms with van der Waals surface area (Å²) < 4.78 is 2.77. The minimum Gasteiger partial charge on any atom is -0.354 e. The molecule has 1 fully saturated rings. The summed E-state index contributed by atoms with van der Waals surface area (Å²) in [7, 11) is 0. The molecule has 2 aromatic heterocycles. The van der Waals surface area contributed by atoms with Crippen LogP contribution in [-0.4, -0.2) is 4.98 Å². The van der Waals surface area contributed by atoms with E-state index >= 15 is 0 Å². The number of fused-ring (bicyclic) bond motifs is 8. The lowest BCUT2D eigenvalue weighted by Gasteiger charge is -2.14. The van der Waals surface area contributed by atoms with E-state index in [2.05, 4.69) is 83.9 Å². The van der Waals surface area contributed by atoms with Crippen molar-refractivity contribution < 1.29 is 0 Å². The predicted molar refractivity (Wildman–Crippen MR) is 117 cm³/mol. The molecular weight excluding hydrogens is 346 g/mol. The Balaban J connectivity index is 1.59. The Hall–Kier alpha value is -2.84. The molecule has 0 amide bonds. The number of aromatic nitrogens is 1. The van der Waals surface area contributed by atoms with E-state index in [1.54, 1.807) is 0 Å². The topological polar surface area (TPSA) is 15.8 Å². The highest BCUT2D eigenvalue weighted by molar-refractivity contribution is 7.26. The van der Waals surface area contributed by atoms with Crippen molar-refractivity contribution in [3.63, 3.8) is 0 Å². The molecule has 2 heterocycles. The molecule has 128 valence electrons. The van der Waals surface area contributed by atoms with Gasteiger partial charge in [0.05, 0.1) is 0 Å². The van der Waals surface area contributed by atoms with Crippen molar-refractivity contribution in [1.82, 2.24) is 4.98 Å². The second kappa shape index (κ2) is 4.71. The van der Waals surface area contributed by atoms with Gasteiger partial charge in [0.15, 0.2) is 0 Å². The molecule has 7 rings (SSSR count). The van der Waals surface area contributed by atoms with Gasteiger partial charge in [-0.25, -0.2) is 0 Å². The Labute approximate surface area is 160 Å². The van der Waals surface area contributed by atoms with Crippen LogP contribution in [0, 0.1) is 5.92 Å². The second-order valence-corrected chi connectivity index (χ2v) is 9.00. The minimum absolute atomic E-state index is 0.237. The summed E-state index contributed by atoms with van der Waals surface area (Å²) in [5.74, 6) is 0.675. The Morgan fingerprint density at radius 3 is 2.78 bits per heavy atom. The Morgan fingerprint density at radius 2 is 1.81 bits per heavy atom. The molecule has 3 aromatic carbocycles. The highest BCUT2D eigenvalue weighted by Gasteiger charge is 2.52. The number of hydrogen-bond acceptors (Lipinski definition) is 1. The van der Waals surface area contributed by atoms with Gasteiger partial charge in [-0.3, -0.25) is 0 Å². The molecule has 0 radical (unpaired) electrons. The third-order valence-corrected chi connectivity index (χ3v) is 7.75. The van der Waals surface area contributed by atoms with Gasteiger partial charge in [-0.1, -0.05) is 54.6 Å². The SMILES string of the molecule is C1=CC2CC2(c2ccc3[nH]c4ccc5c6ccccc6sc5c4c3c2)C=C1. The highest BCUT2D eigenvalue weighted by Crippen LogP contribution is 2.58. The number of thiophene rings is 1. The first-order chi connectivity index (χ1) is 13.3. The van der Waals surface area contributed by atoms with Crippen LogP contribution >= 0.6 is 11.3 Å². The first-order valence-electron chi connectivity index (χ1n) is 9.56. The Bertz CT molecular complexity index is 1460. The van der Waals surface area contributed by atoms with E-state index < -0.39 is 0 Å². The molecule has 0 saturated heterocycles. The summed E-state index contributed by atoms with van der Waals surface area (Å²) in [5.41, 5.74) is 4.17. The maximum atomic E-state index is 3.65. The fourth-order valence-electron chi connectivity index (χ4n) is 5.05. The molecule has 2 atom stereocenters. The highest BCUT2D eigenvalue weighted by atomic mass is 32.1. The molecular formula is C25H17NS. The number of rotatable bonds is 1. The van der Waals surface area contributed by atoms with Crippen LogP contribution < -0.4 is 0 Å². The molecule has 0 bridgehead atoms. The third kappa shape index (κ3) is 1.74. The molecule has 27 heavy (non-hydrogen) atoms. The maximum absolute atomic E-state index is 3.65. The first kappa shape index (κ1) is 14.2. The zero-order valence-corrected chi connectivity index (χ0v) is 15.5. The number of hydrogen-bond donors (Lipinski definition) is 1. The van der Waals surface area contributed by atoms with Gasteiger partial charge in [0.25, 0.3) is 0 Å². The van der Waals surface area contributed by atoms with Gasteiger partial charge in [0.2, 0.25) is 0 Å². The van der Waals surface area contributed by atoms with Crippen LogP contribution in [0.15, 0.2) is 78.9 Å². The fourth-order valence-corrected chi connectivity index (χ4v) is 6.31. The zero-order valence-electron chi connectivity index (χ0n) is 14.7. The van der Waals surface area contributed by atoms with Crippen LogP contribution in [0.5, 0.6) is 0 Å². The van der Waals surface area contributed by atoms with Gasteiger partial charge in [0, 0.05) is 47.4 Å². The fraction of sp³-hybridized carbons (Fsp3) is 0.120. The van der Waals surface area contributed by atoms with E-state index in [0.29, 0.717) is 5.92 Å². The largest absolute Gasteiger partial charge is 0.354 e. The average molecular weight is 363 g/mol. The number of allylic oxidation sites excluding steroid dienone is 4. The van der Waals surface area contributed by atoms with Gasteiger partial charge < -0.3 is 4.98 Å². The van der Waals surface area contributed by atoms with E-state index in [4.69, 9.17) is 0 Å². The predicted octanol–water partition coefficient (Wildman–Crippen LogP) is 7.07. The van der Waals surface area contributed by atoms with E-state index in [0.717, 1.165) is 0 Å². The van der Waals surface area contributed by atoms with Crippen molar-refractivity contribution >= 4 is 53.3 Å². The van der Waals surface area contributed by atoms with Crippen molar-refractivity contribution in [2.75, 3.05) is 0 Å². The van der Waals surface area contributed by atoms with E-state index in [9.17, 15) is 0 Å². The van der Waals surface area contributed by atoms with E-state index in [1.807, 2.05) is 11.3 Å². The summed E-state index contributed by atoms with van der Waals surface area (Å²) in [6.45, 7) is 0. The third-order valence-electron chi connectivity index (χ3n) is 6.55. The van der Waals surface area contributed by atoms with Crippen molar-refractivity contribution in [2.45, 2.75) is 11.8 Å². The monoisotopic (exact) mass is 363 g/mol. The number of nitrogens with one attached hydrogen (secondary N) is 1. The van der Waals surface area contributed by atoms with Gasteiger partial charge in [-0.05, 0) is 42.2 Å². The zero-order chi connectivity index (χ0) is 17.6. The van der Waals surface area contributed by atoms with Crippen molar-refractivity contribution in [3.05, 3.63) is 84.5 Å². The second-order valence-electron chi connectivity index (χ2n) is 7.94. The summed E-state index contributed by atoms with van der Waals surface area (Å²) in [4.78, 5) is 3.65. The molecule has 1 saturated carbocycles. The van der Waals surface area contributed by atoms with Crippen molar-refractivity contribution in [2.24, 2.45) is 5.92 Å². The van der Waals surface area contributed by atoms with Gasteiger partial charge in [0.1, 0.15) is 0 Å². The maximum Gasteiger partial charge on any atom is 0.0479 e. The molecule has 2 unspecified atom stereocenters. The molecule has 0 spiro atoms. The number of aromatic amines is 1. The van der Waals surface area contributed by atoms with Crippen LogP contribution in [0.25, 0.3) is 42.0 Å². The summed E-state index contributed by atoms with van der Waals surface area (Å²) in [6, 6.07) is 20.3. The minimum atomic E-state index is 0.237.